The zero-order valence-corrected chi connectivity index (χ0v) is 39.3. The standard InChI is InChI=1S/C45H70O20/c1-27(23-21-19-17-15-13-11-10-12-14-16-18-20-22-24-37(53)54-9)57-44-43(41(61-33(7)51)39(59-31(5)49)35(63-44)25-55-28(2)46)65-45-42(62-34(8)52)40(60-32(6)50)38(58-30(4)48)36(64-45)26-56-29(3)47/h10-11,27,35-36,38-45H,12-26H2,1-9H3/b11-10+/t27?,35-,36-,38-,39-,40+,41+,42-,43-,44-,45+/m1/s1. The minimum absolute atomic E-state index is 0.167. The van der Waals surface area contributed by atoms with Crippen LogP contribution in [-0.2, 0) is 95.2 Å². The third-order valence-corrected chi connectivity index (χ3v) is 10.1. The van der Waals surface area contributed by atoms with Gasteiger partial charge in [0.25, 0.3) is 0 Å². The van der Waals surface area contributed by atoms with Crippen LogP contribution in [0.25, 0.3) is 0 Å². The van der Waals surface area contributed by atoms with Gasteiger partial charge in [-0.25, -0.2) is 0 Å². The third-order valence-electron chi connectivity index (χ3n) is 10.1. The minimum Gasteiger partial charge on any atom is -0.469 e. The molecular weight excluding hydrogens is 860 g/mol. The maximum atomic E-state index is 12.7. The highest BCUT2D eigenvalue weighted by molar-refractivity contribution is 5.70. The van der Waals surface area contributed by atoms with Gasteiger partial charge in [-0.15, -0.1) is 0 Å². The van der Waals surface area contributed by atoms with Crippen molar-refractivity contribution < 1.29 is 95.2 Å². The van der Waals surface area contributed by atoms with Crippen molar-refractivity contribution in [2.24, 2.45) is 0 Å². The van der Waals surface area contributed by atoms with Gasteiger partial charge in [-0.2, -0.15) is 0 Å². The summed E-state index contributed by atoms with van der Waals surface area (Å²) in [6.45, 7) is 8.46. The number of methoxy groups -OCH3 is 1. The molecule has 0 bridgehead atoms. The second-order valence-electron chi connectivity index (χ2n) is 16.0. The van der Waals surface area contributed by atoms with E-state index >= 15 is 0 Å². The Morgan fingerprint density at radius 2 is 0.877 bits per heavy atom. The first kappa shape index (κ1) is 56.5. The predicted molar refractivity (Wildman–Crippen MR) is 225 cm³/mol. The van der Waals surface area contributed by atoms with Crippen LogP contribution < -0.4 is 0 Å². The number of ether oxygens (including phenoxy) is 12. The van der Waals surface area contributed by atoms with E-state index in [1.807, 2.05) is 0 Å². The van der Waals surface area contributed by atoms with E-state index in [4.69, 9.17) is 52.1 Å². The van der Waals surface area contributed by atoms with Gasteiger partial charge in [0.15, 0.2) is 49.2 Å². The average molecular weight is 931 g/mol. The molecule has 2 aliphatic heterocycles. The van der Waals surface area contributed by atoms with Crippen molar-refractivity contribution in [1.82, 2.24) is 0 Å². The zero-order chi connectivity index (χ0) is 48.5. The monoisotopic (exact) mass is 930 g/mol. The van der Waals surface area contributed by atoms with Crippen LogP contribution >= 0.6 is 0 Å². The van der Waals surface area contributed by atoms with Gasteiger partial charge in [0.2, 0.25) is 0 Å². The van der Waals surface area contributed by atoms with Crippen molar-refractivity contribution in [2.45, 2.75) is 206 Å². The maximum absolute atomic E-state index is 12.7. The molecule has 20 heteroatoms. The van der Waals surface area contributed by atoms with Crippen LogP contribution in [0.15, 0.2) is 12.2 Å². The number of carbonyl (C=O) groups is 8. The molecule has 0 radical (unpaired) electrons. The van der Waals surface area contributed by atoms with E-state index in [1.54, 1.807) is 6.92 Å². The summed E-state index contributed by atoms with van der Waals surface area (Å²) in [5.41, 5.74) is 0. The highest BCUT2D eigenvalue weighted by Crippen LogP contribution is 2.36. The lowest BCUT2D eigenvalue weighted by molar-refractivity contribution is -0.372. The Bertz CT molecular complexity index is 1560. The molecule has 2 saturated heterocycles. The molecule has 2 fully saturated rings. The molecule has 65 heavy (non-hydrogen) atoms. The van der Waals surface area contributed by atoms with Gasteiger partial charge < -0.3 is 56.8 Å². The largest absolute Gasteiger partial charge is 0.469 e. The van der Waals surface area contributed by atoms with Crippen LogP contribution in [0, 0.1) is 0 Å². The van der Waals surface area contributed by atoms with Gasteiger partial charge in [0, 0.05) is 54.9 Å². The second kappa shape index (κ2) is 30.5. The summed E-state index contributed by atoms with van der Waals surface area (Å²) < 4.78 is 68.4. The van der Waals surface area contributed by atoms with Gasteiger partial charge in [-0.1, -0.05) is 50.7 Å². The van der Waals surface area contributed by atoms with Crippen LogP contribution in [-0.4, -0.2) is 136 Å². The molecule has 20 nitrogen and oxygen atoms in total. The highest BCUT2D eigenvalue weighted by Gasteiger charge is 2.58. The molecule has 2 rings (SSSR count). The molecule has 0 aromatic rings. The number of esters is 8. The molecule has 370 valence electrons. The Kier molecular flexibility index (Phi) is 26.5. The summed E-state index contributed by atoms with van der Waals surface area (Å²) in [7, 11) is 1.40. The van der Waals surface area contributed by atoms with Crippen molar-refractivity contribution in [3.63, 3.8) is 0 Å². The molecule has 0 aromatic carbocycles. The normalized spacial score (nSPS) is 25.7. The molecule has 2 heterocycles. The zero-order valence-electron chi connectivity index (χ0n) is 39.3. The summed E-state index contributed by atoms with van der Waals surface area (Å²) in [6.07, 6.45) is 0.355. The molecule has 0 spiro atoms. The van der Waals surface area contributed by atoms with Crippen molar-refractivity contribution in [3.05, 3.63) is 12.2 Å². The quantitative estimate of drug-likeness (QED) is 0.0442. The fourth-order valence-corrected chi connectivity index (χ4v) is 7.32. The van der Waals surface area contributed by atoms with E-state index in [9.17, 15) is 38.4 Å². The summed E-state index contributed by atoms with van der Waals surface area (Å²) in [5.74, 6) is -5.87. The van der Waals surface area contributed by atoms with Crippen LogP contribution in [0.3, 0.4) is 0 Å². The Balaban J connectivity index is 2.33. The van der Waals surface area contributed by atoms with Gasteiger partial charge in [-0.05, 0) is 45.4 Å². The van der Waals surface area contributed by atoms with Crippen molar-refractivity contribution in [2.75, 3.05) is 20.3 Å². The molecule has 11 atom stereocenters. The third kappa shape index (κ3) is 22.4. The first-order valence-corrected chi connectivity index (χ1v) is 22.3. The van der Waals surface area contributed by atoms with Gasteiger partial charge in [0.1, 0.15) is 25.4 Å². The lowest BCUT2D eigenvalue weighted by atomic mass is 9.96. The highest BCUT2D eigenvalue weighted by atomic mass is 16.8. The fraction of sp³-hybridized carbons (Fsp3) is 0.778. The summed E-state index contributed by atoms with van der Waals surface area (Å²) in [4.78, 5) is 97.7. The summed E-state index contributed by atoms with van der Waals surface area (Å²) in [5, 5.41) is 0. The van der Waals surface area contributed by atoms with Crippen molar-refractivity contribution in [1.29, 1.82) is 0 Å². The van der Waals surface area contributed by atoms with Gasteiger partial charge in [0.05, 0.1) is 13.2 Å². The Morgan fingerprint density at radius 3 is 1.34 bits per heavy atom. The van der Waals surface area contributed by atoms with Gasteiger partial charge >= 0.3 is 47.8 Å². The lowest BCUT2D eigenvalue weighted by Gasteiger charge is -2.49. The number of carbonyl (C=O) groups excluding carboxylic acids is 8. The Morgan fingerprint density at radius 1 is 0.477 bits per heavy atom. The summed E-state index contributed by atoms with van der Waals surface area (Å²) in [6, 6.07) is 0. The molecule has 0 saturated carbocycles. The van der Waals surface area contributed by atoms with E-state index in [0.29, 0.717) is 12.8 Å². The molecule has 0 aromatic heterocycles. The van der Waals surface area contributed by atoms with Crippen LogP contribution in [0.1, 0.15) is 139 Å². The van der Waals surface area contributed by atoms with E-state index in [1.165, 1.54) is 7.11 Å². The topological polar surface area (TPSA) is 247 Å². The number of rotatable bonds is 28. The van der Waals surface area contributed by atoms with E-state index in [2.05, 4.69) is 16.9 Å². The van der Waals surface area contributed by atoms with E-state index < -0.39 is 123 Å². The second-order valence-corrected chi connectivity index (χ2v) is 16.0. The van der Waals surface area contributed by atoms with Gasteiger partial charge in [-0.3, -0.25) is 38.4 Å². The molecule has 1 unspecified atom stereocenters. The maximum Gasteiger partial charge on any atom is 0.305 e. The van der Waals surface area contributed by atoms with Crippen LogP contribution in [0.2, 0.25) is 0 Å². The molecule has 2 aliphatic rings. The number of allylic oxidation sites excluding steroid dienone is 2. The van der Waals surface area contributed by atoms with Crippen molar-refractivity contribution in [3.8, 4) is 0 Å². The Hall–Kier alpha value is -4.66. The number of unbranched alkanes of at least 4 members (excludes halogenated alkanes) is 9. The molecule has 0 N–H and O–H groups in total. The number of hydrogen-bond acceptors (Lipinski definition) is 20. The molecule has 0 amide bonds. The minimum atomic E-state index is -1.77. The van der Waals surface area contributed by atoms with E-state index in [-0.39, 0.29) is 5.97 Å². The molecular formula is C45H70O20. The number of hydrogen-bond donors (Lipinski definition) is 0. The SMILES string of the molecule is COC(=O)CCCCCCC/C=C/CCCCCCC(C)O[C@@H]1O[C@H](COC(C)=O)[C@@H](OC(C)=O)[C@H](OC(C)=O)[C@H]1O[C@@H]1O[C@H](COC(C)=O)[C@@H](OC(C)=O)[C@H](OC(C)=O)[C@H]1OC(C)=O. The van der Waals surface area contributed by atoms with Crippen LogP contribution in [0.5, 0.6) is 0 Å². The van der Waals surface area contributed by atoms with Crippen LogP contribution in [0.4, 0.5) is 0 Å². The lowest BCUT2D eigenvalue weighted by Crippen LogP contribution is -2.67. The molecule has 0 aliphatic carbocycles. The average Bonchev–Trinajstić information content (AvgIpc) is 3.21. The van der Waals surface area contributed by atoms with Crippen molar-refractivity contribution >= 4 is 47.8 Å². The Labute approximate surface area is 381 Å². The summed E-state index contributed by atoms with van der Waals surface area (Å²) >= 11 is 0. The smallest absolute Gasteiger partial charge is 0.305 e. The first-order chi connectivity index (χ1) is 30.8. The van der Waals surface area contributed by atoms with E-state index in [0.717, 1.165) is 119 Å². The first-order valence-electron chi connectivity index (χ1n) is 22.3. The predicted octanol–water partition coefficient (Wildman–Crippen LogP) is 4.81. The fourth-order valence-electron chi connectivity index (χ4n) is 7.32.